The number of nitrogens with two attached hydrogens (primary N) is 1. The first kappa shape index (κ1) is 5.30. The zero-order valence-corrected chi connectivity index (χ0v) is 5.22. The Kier molecular flexibility index (Phi) is 1.29. The minimum absolute atomic E-state index is 0.727. The molecule has 0 unspecified atom stereocenters. The van der Waals surface area contributed by atoms with Gasteiger partial charge in [0, 0.05) is 7.05 Å². The van der Waals surface area contributed by atoms with Crippen LogP contribution in [0.15, 0.2) is 10.6 Å². The lowest BCUT2D eigenvalue weighted by Crippen LogP contribution is -2.13. The van der Waals surface area contributed by atoms with Gasteiger partial charge in [0.25, 0.3) is 0 Å². The smallest absolute Gasteiger partial charge is 0.225 e. The molecule has 0 aromatic carbocycles. The molecule has 1 rings (SSSR count). The molecule has 0 atom stereocenters. The molecule has 0 spiro atoms. The fraction of sp³-hybridized carbons (Fsp3) is 0.333. The van der Waals surface area contributed by atoms with Crippen LogP contribution in [0.5, 0.6) is 0 Å². The SMILES string of the molecule is Cn1ncsc1=NN. The van der Waals surface area contributed by atoms with Crippen LogP contribution in [0.3, 0.4) is 0 Å². The van der Waals surface area contributed by atoms with Gasteiger partial charge in [-0.25, -0.2) is 4.68 Å². The van der Waals surface area contributed by atoms with Gasteiger partial charge >= 0.3 is 0 Å². The molecule has 0 aliphatic carbocycles. The predicted molar refractivity (Wildman–Crippen MR) is 30.8 cm³/mol. The van der Waals surface area contributed by atoms with Crippen LogP contribution in [-0.2, 0) is 7.05 Å². The summed E-state index contributed by atoms with van der Waals surface area (Å²) in [6.45, 7) is 0. The second-order valence-corrected chi connectivity index (χ2v) is 2.09. The zero-order chi connectivity index (χ0) is 5.98. The number of aryl methyl sites for hydroxylation is 1. The topological polar surface area (TPSA) is 56.2 Å². The second-order valence-electron chi connectivity index (χ2n) is 1.27. The molecular weight excluding hydrogens is 124 g/mol. The van der Waals surface area contributed by atoms with Gasteiger partial charge in [0.15, 0.2) is 0 Å². The summed E-state index contributed by atoms with van der Waals surface area (Å²) in [7, 11) is 1.79. The van der Waals surface area contributed by atoms with Gasteiger partial charge in [0.2, 0.25) is 4.80 Å². The minimum Gasteiger partial charge on any atom is -0.320 e. The number of nitrogens with zero attached hydrogens (tertiary/aromatic N) is 3. The van der Waals surface area contributed by atoms with Crippen LogP contribution in [0.1, 0.15) is 0 Å². The van der Waals surface area contributed by atoms with Crippen LogP contribution in [0.4, 0.5) is 0 Å². The van der Waals surface area contributed by atoms with Crippen LogP contribution in [-0.4, -0.2) is 9.78 Å². The van der Waals surface area contributed by atoms with E-state index in [1.165, 1.54) is 11.3 Å². The lowest BCUT2D eigenvalue weighted by atomic mass is 11.2. The van der Waals surface area contributed by atoms with E-state index >= 15 is 0 Å². The highest BCUT2D eigenvalue weighted by Gasteiger charge is 1.83. The Morgan fingerprint density at radius 3 is 3.00 bits per heavy atom. The first-order valence-electron chi connectivity index (χ1n) is 2.05. The van der Waals surface area contributed by atoms with Gasteiger partial charge in [0.1, 0.15) is 5.51 Å². The number of rotatable bonds is 0. The van der Waals surface area contributed by atoms with Crippen LogP contribution < -0.4 is 10.6 Å². The molecular formula is C3H6N4S. The van der Waals surface area contributed by atoms with Crippen molar-refractivity contribution in [3.63, 3.8) is 0 Å². The van der Waals surface area contributed by atoms with Crippen molar-refractivity contribution in [1.29, 1.82) is 0 Å². The van der Waals surface area contributed by atoms with Crippen molar-refractivity contribution in [2.75, 3.05) is 0 Å². The van der Waals surface area contributed by atoms with Crippen molar-refractivity contribution in [1.82, 2.24) is 9.78 Å². The summed E-state index contributed by atoms with van der Waals surface area (Å²) >= 11 is 1.41. The van der Waals surface area contributed by atoms with Crippen LogP contribution >= 0.6 is 11.3 Å². The fourth-order valence-corrected chi connectivity index (χ4v) is 0.924. The number of hydrogen-bond donors (Lipinski definition) is 1. The summed E-state index contributed by atoms with van der Waals surface area (Å²) in [6, 6.07) is 0. The Balaban J connectivity index is 3.31. The largest absolute Gasteiger partial charge is 0.320 e. The van der Waals surface area contributed by atoms with E-state index < -0.39 is 0 Å². The molecule has 2 N–H and O–H groups in total. The number of hydrogen-bond acceptors (Lipinski definition) is 4. The Bertz CT molecular complexity index is 221. The van der Waals surface area contributed by atoms with Gasteiger partial charge in [-0.05, 0) is 0 Å². The molecule has 5 heteroatoms. The molecule has 0 radical (unpaired) electrons. The molecule has 1 aromatic heterocycles. The molecule has 44 valence electrons. The normalized spacial score (nSPS) is 12.4. The molecule has 8 heavy (non-hydrogen) atoms. The maximum absolute atomic E-state index is 4.97. The van der Waals surface area contributed by atoms with Crippen molar-refractivity contribution in [2.24, 2.45) is 18.0 Å². The molecule has 0 fully saturated rings. The molecule has 0 amide bonds. The highest BCUT2D eigenvalue weighted by Crippen LogP contribution is 1.76. The maximum atomic E-state index is 4.97. The quantitative estimate of drug-likeness (QED) is 0.371. The summed E-state index contributed by atoms with van der Waals surface area (Å²) in [6.07, 6.45) is 0. The minimum atomic E-state index is 0.727. The number of aromatic nitrogens is 2. The van der Waals surface area contributed by atoms with Gasteiger partial charge in [-0.3, -0.25) is 0 Å². The molecule has 1 aromatic rings. The molecule has 4 nitrogen and oxygen atoms in total. The first-order valence-corrected chi connectivity index (χ1v) is 2.93. The van der Waals surface area contributed by atoms with E-state index in [1.807, 2.05) is 0 Å². The Labute approximate surface area is 50.3 Å². The monoisotopic (exact) mass is 130 g/mol. The molecule has 0 saturated heterocycles. The highest BCUT2D eigenvalue weighted by atomic mass is 32.1. The van der Waals surface area contributed by atoms with Crippen LogP contribution in [0, 0.1) is 0 Å². The van der Waals surface area contributed by atoms with Gasteiger partial charge in [-0.2, -0.15) is 10.2 Å². The van der Waals surface area contributed by atoms with Crippen molar-refractivity contribution >= 4 is 11.3 Å². The summed E-state index contributed by atoms with van der Waals surface area (Å²) in [4.78, 5) is 0.727. The second kappa shape index (κ2) is 1.95. The van der Waals surface area contributed by atoms with E-state index in [2.05, 4.69) is 10.2 Å². The summed E-state index contributed by atoms with van der Waals surface area (Å²) < 4.78 is 1.62. The van der Waals surface area contributed by atoms with Gasteiger partial charge in [0.05, 0.1) is 0 Å². The van der Waals surface area contributed by atoms with Crippen LogP contribution in [0.25, 0.3) is 0 Å². The Hall–Kier alpha value is -0.840. The van der Waals surface area contributed by atoms with Gasteiger partial charge in [-0.1, -0.05) is 11.3 Å². The molecule has 1 heterocycles. The lowest BCUT2D eigenvalue weighted by Gasteiger charge is -1.80. The van der Waals surface area contributed by atoms with Gasteiger partial charge < -0.3 is 5.84 Å². The van der Waals surface area contributed by atoms with E-state index in [0.717, 1.165) is 4.80 Å². The molecule has 0 aliphatic heterocycles. The fourth-order valence-electron chi connectivity index (χ4n) is 0.381. The Morgan fingerprint density at radius 2 is 2.75 bits per heavy atom. The average Bonchev–Trinajstić information content (AvgIpc) is 2.14. The van der Waals surface area contributed by atoms with E-state index in [9.17, 15) is 0 Å². The van der Waals surface area contributed by atoms with Crippen molar-refractivity contribution in [3.8, 4) is 0 Å². The standard InChI is InChI=1S/C3H6N4S/c1-7-3(6-4)8-2-5-7/h2H,4H2,1H3. The van der Waals surface area contributed by atoms with E-state index in [1.54, 1.807) is 17.2 Å². The highest BCUT2D eigenvalue weighted by molar-refractivity contribution is 7.06. The molecule has 0 saturated carbocycles. The van der Waals surface area contributed by atoms with Gasteiger partial charge in [-0.15, -0.1) is 0 Å². The van der Waals surface area contributed by atoms with E-state index in [4.69, 9.17) is 5.84 Å². The third kappa shape index (κ3) is 0.717. The maximum Gasteiger partial charge on any atom is 0.225 e. The summed E-state index contributed by atoms with van der Waals surface area (Å²) in [5.41, 5.74) is 1.69. The third-order valence-electron chi connectivity index (χ3n) is 0.766. The predicted octanol–water partition coefficient (Wildman–Crippen LogP) is -0.744. The lowest BCUT2D eigenvalue weighted by molar-refractivity contribution is 0.721. The van der Waals surface area contributed by atoms with Crippen LogP contribution in [0.2, 0.25) is 0 Å². The third-order valence-corrected chi connectivity index (χ3v) is 1.55. The van der Waals surface area contributed by atoms with E-state index in [-0.39, 0.29) is 0 Å². The first-order chi connectivity index (χ1) is 3.84. The summed E-state index contributed by atoms with van der Waals surface area (Å²) in [5.74, 6) is 4.97. The van der Waals surface area contributed by atoms with Crippen molar-refractivity contribution in [3.05, 3.63) is 10.3 Å². The Morgan fingerprint density at radius 1 is 2.00 bits per heavy atom. The average molecular weight is 130 g/mol. The molecule has 0 bridgehead atoms. The zero-order valence-electron chi connectivity index (χ0n) is 4.40. The van der Waals surface area contributed by atoms with Crippen molar-refractivity contribution in [2.45, 2.75) is 0 Å². The van der Waals surface area contributed by atoms with Crippen molar-refractivity contribution < 1.29 is 0 Å². The molecule has 0 aliphatic rings. The summed E-state index contributed by atoms with van der Waals surface area (Å²) in [5, 5.41) is 7.30. The van der Waals surface area contributed by atoms with E-state index in [0.29, 0.717) is 0 Å².